The fourth-order valence-electron chi connectivity index (χ4n) is 2.42. The number of hydrogen-bond donors (Lipinski definition) is 2. The zero-order valence-electron chi connectivity index (χ0n) is 13.3. The third-order valence-electron chi connectivity index (χ3n) is 3.30. The van der Waals surface area contributed by atoms with Crippen LogP contribution in [0.25, 0.3) is 0 Å². The molecule has 1 aliphatic heterocycles. The van der Waals surface area contributed by atoms with E-state index in [2.05, 4.69) is 4.74 Å². The van der Waals surface area contributed by atoms with E-state index in [1.807, 2.05) is 0 Å². The van der Waals surface area contributed by atoms with Gasteiger partial charge in [0.2, 0.25) is 0 Å². The molecule has 0 aromatic rings. The lowest BCUT2D eigenvalue weighted by atomic mass is 9.84. The molecule has 5 nitrogen and oxygen atoms in total. The molecule has 0 spiro atoms. The van der Waals surface area contributed by atoms with E-state index in [4.69, 9.17) is 5.11 Å². The minimum absolute atomic E-state index is 0.486. The van der Waals surface area contributed by atoms with Gasteiger partial charge in [-0.1, -0.05) is 13.8 Å². The Kier molecular flexibility index (Phi) is 5.81. The Hall–Kier alpha value is -2.20. The molecule has 0 saturated heterocycles. The fourth-order valence-corrected chi connectivity index (χ4v) is 2.42. The highest BCUT2D eigenvalue weighted by Crippen LogP contribution is 2.41. The average molecular weight is 375 g/mol. The number of halogens is 6. The highest BCUT2D eigenvalue weighted by molar-refractivity contribution is 6.00. The quantitative estimate of drug-likeness (QED) is 0.584. The number of rotatable bonds is 4. The summed E-state index contributed by atoms with van der Waals surface area (Å²) in [6.45, 7) is 2.92. The largest absolute Gasteiger partial charge is 0.478 e. The number of carbonyl (C=O) groups is 2. The maximum Gasteiger partial charge on any atom is 0.431 e. The van der Waals surface area contributed by atoms with E-state index >= 15 is 0 Å². The van der Waals surface area contributed by atoms with Crippen LogP contribution in [-0.4, -0.2) is 42.5 Å². The minimum Gasteiger partial charge on any atom is -0.478 e. The number of allylic oxidation sites excluding steroid dienone is 1. The Balaban J connectivity index is 3.89. The van der Waals surface area contributed by atoms with E-state index in [-0.39, 0.29) is 0 Å². The number of carboxylic acid groups (broad SMARTS) is 1. The number of ether oxygens (including phenoxy) is 1. The Labute approximate surface area is 138 Å². The van der Waals surface area contributed by atoms with E-state index in [9.17, 15) is 35.9 Å². The number of esters is 1. The van der Waals surface area contributed by atoms with Crippen LogP contribution in [0.2, 0.25) is 0 Å². The van der Waals surface area contributed by atoms with Crippen LogP contribution in [0.3, 0.4) is 0 Å². The van der Waals surface area contributed by atoms with Crippen LogP contribution in [0.1, 0.15) is 20.3 Å². The first-order valence-electron chi connectivity index (χ1n) is 6.91. The van der Waals surface area contributed by atoms with Crippen LogP contribution in [-0.2, 0) is 14.3 Å². The van der Waals surface area contributed by atoms with Crippen molar-refractivity contribution in [3.8, 4) is 0 Å². The molecule has 0 aliphatic carbocycles. The molecule has 0 aromatic carbocycles. The van der Waals surface area contributed by atoms with Gasteiger partial charge in [0.25, 0.3) is 0 Å². The van der Waals surface area contributed by atoms with E-state index in [1.165, 1.54) is 13.8 Å². The smallest absolute Gasteiger partial charge is 0.431 e. The summed E-state index contributed by atoms with van der Waals surface area (Å²) >= 11 is 0. The van der Waals surface area contributed by atoms with Crippen molar-refractivity contribution in [2.45, 2.75) is 38.7 Å². The van der Waals surface area contributed by atoms with Gasteiger partial charge in [-0.15, -0.1) is 0 Å². The standard InChI is InChI=1S/C14H15F6NO4/c1-5(2)4-6-7(11(22)23)9(13(15,16)17)21-10(14(18,19)20)8(6)12(24)25-3/h5,10,21H,4H2,1-3H3,(H,22,23). The molecule has 0 saturated carbocycles. The molecule has 0 aromatic heterocycles. The highest BCUT2D eigenvalue weighted by Gasteiger charge is 2.54. The number of dihydropyridines is 1. The fraction of sp³-hybridized carbons (Fsp3) is 0.571. The number of carbonyl (C=O) groups excluding carboxylic acids is 1. The van der Waals surface area contributed by atoms with Gasteiger partial charge in [-0.25, -0.2) is 9.59 Å². The third kappa shape index (κ3) is 4.45. The predicted molar refractivity (Wildman–Crippen MR) is 72.2 cm³/mol. The summed E-state index contributed by atoms with van der Waals surface area (Å²) in [6.07, 6.45) is -11.2. The molecule has 1 aliphatic rings. The van der Waals surface area contributed by atoms with Gasteiger partial charge < -0.3 is 15.2 Å². The number of alkyl halides is 6. The number of hydrogen-bond acceptors (Lipinski definition) is 4. The van der Waals surface area contributed by atoms with Crippen molar-refractivity contribution < 1.29 is 45.8 Å². The minimum atomic E-state index is -5.39. The number of aliphatic carboxylic acids is 1. The topological polar surface area (TPSA) is 75.6 Å². The Bertz CT molecular complexity index is 630. The molecule has 142 valence electrons. The summed E-state index contributed by atoms with van der Waals surface area (Å²) in [5.74, 6) is -4.17. The lowest BCUT2D eigenvalue weighted by Gasteiger charge is -2.33. The second kappa shape index (κ2) is 6.96. The molecule has 0 amide bonds. The van der Waals surface area contributed by atoms with E-state index in [0.29, 0.717) is 0 Å². The van der Waals surface area contributed by atoms with Gasteiger partial charge >= 0.3 is 24.3 Å². The maximum atomic E-state index is 13.2. The number of methoxy groups -OCH3 is 1. The predicted octanol–water partition coefficient (Wildman–Crippen LogP) is 2.94. The summed E-state index contributed by atoms with van der Waals surface area (Å²) in [4.78, 5) is 23.2. The van der Waals surface area contributed by atoms with Crippen LogP contribution in [0, 0.1) is 5.92 Å². The molecule has 1 unspecified atom stereocenters. The van der Waals surface area contributed by atoms with E-state index < -0.39 is 65.1 Å². The Morgan fingerprint density at radius 1 is 1.20 bits per heavy atom. The molecule has 1 rings (SSSR count). The molecule has 0 fully saturated rings. The van der Waals surface area contributed by atoms with Crippen molar-refractivity contribution in [2.24, 2.45) is 5.92 Å². The summed E-state index contributed by atoms with van der Waals surface area (Å²) < 4.78 is 83.4. The van der Waals surface area contributed by atoms with Crippen molar-refractivity contribution >= 4 is 11.9 Å². The molecule has 0 bridgehead atoms. The van der Waals surface area contributed by atoms with Gasteiger partial charge in [0.1, 0.15) is 5.70 Å². The van der Waals surface area contributed by atoms with Gasteiger partial charge in [0, 0.05) is 0 Å². The van der Waals surface area contributed by atoms with Gasteiger partial charge in [0.05, 0.1) is 18.3 Å². The first-order chi connectivity index (χ1) is 11.2. The second-order valence-electron chi connectivity index (χ2n) is 5.65. The molecule has 11 heteroatoms. The van der Waals surface area contributed by atoms with Crippen LogP contribution < -0.4 is 5.32 Å². The first-order valence-corrected chi connectivity index (χ1v) is 6.91. The number of carboxylic acids is 1. The summed E-state index contributed by atoms with van der Waals surface area (Å²) in [5.41, 5.74) is -5.50. The van der Waals surface area contributed by atoms with Gasteiger partial charge in [-0.2, -0.15) is 26.3 Å². The lowest BCUT2D eigenvalue weighted by molar-refractivity contribution is -0.161. The molecular formula is C14H15F6NO4. The molecular weight excluding hydrogens is 360 g/mol. The van der Waals surface area contributed by atoms with Crippen molar-refractivity contribution in [3.05, 3.63) is 22.4 Å². The molecule has 1 heterocycles. The number of nitrogens with one attached hydrogen (secondary N) is 1. The van der Waals surface area contributed by atoms with Crippen LogP contribution in [0.4, 0.5) is 26.3 Å². The van der Waals surface area contributed by atoms with Gasteiger partial charge in [0.15, 0.2) is 6.04 Å². The van der Waals surface area contributed by atoms with E-state index in [1.54, 1.807) is 0 Å². The average Bonchev–Trinajstić information content (AvgIpc) is 2.42. The van der Waals surface area contributed by atoms with E-state index in [0.717, 1.165) is 12.4 Å². The summed E-state index contributed by atoms with van der Waals surface area (Å²) in [7, 11) is 0.749. The highest BCUT2D eigenvalue weighted by atomic mass is 19.4. The molecule has 1 atom stereocenters. The normalized spacial score (nSPS) is 19.2. The van der Waals surface area contributed by atoms with Crippen molar-refractivity contribution in [1.82, 2.24) is 5.32 Å². The van der Waals surface area contributed by atoms with Crippen LogP contribution in [0.15, 0.2) is 22.4 Å². The van der Waals surface area contributed by atoms with Crippen LogP contribution in [0.5, 0.6) is 0 Å². The Morgan fingerprint density at radius 2 is 1.72 bits per heavy atom. The SMILES string of the molecule is COC(=O)C1=C(CC(C)C)C(C(=O)O)=C(C(F)(F)F)NC1C(F)(F)F. The van der Waals surface area contributed by atoms with Crippen molar-refractivity contribution in [3.63, 3.8) is 0 Å². The molecule has 25 heavy (non-hydrogen) atoms. The van der Waals surface area contributed by atoms with Gasteiger partial charge in [-0.05, 0) is 17.9 Å². The zero-order valence-corrected chi connectivity index (χ0v) is 13.3. The molecule has 0 radical (unpaired) electrons. The van der Waals surface area contributed by atoms with Crippen molar-refractivity contribution in [2.75, 3.05) is 7.11 Å². The lowest BCUT2D eigenvalue weighted by Crippen LogP contribution is -2.51. The zero-order chi connectivity index (χ0) is 19.7. The Morgan fingerprint density at radius 3 is 2.04 bits per heavy atom. The first kappa shape index (κ1) is 20.8. The van der Waals surface area contributed by atoms with Crippen molar-refractivity contribution in [1.29, 1.82) is 0 Å². The summed E-state index contributed by atoms with van der Waals surface area (Å²) in [5, 5.41) is 10.3. The third-order valence-corrected chi connectivity index (χ3v) is 3.30. The second-order valence-corrected chi connectivity index (χ2v) is 5.65. The summed E-state index contributed by atoms with van der Waals surface area (Å²) in [6, 6.07) is -3.03. The molecule has 2 N–H and O–H groups in total. The van der Waals surface area contributed by atoms with Gasteiger partial charge in [-0.3, -0.25) is 0 Å². The monoisotopic (exact) mass is 375 g/mol. The van der Waals surface area contributed by atoms with Crippen LogP contribution >= 0.6 is 0 Å². The maximum absolute atomic E-state index is 13.2.